The Balaban J connectivity index is 1.44. The van der Waals surface area contributed by atoms with Gasteiger partial charge in [-0.3, -0.25) is 0 Å². The van der Waals surface area contributed by atoms with Gasteiger partial charge in [-0.1, -0.05) is 83.8 Å². The summed E-state index contributed by atoms with van der Waals surface area (Å²) in [6.45, 7) is 5.14. The average molecular weight is 476 g/mol. The molecule has 1 aliphatic rings. The highest BCUT2D eigenvalue weighted by molar-refractivity contribution is 5.91. The van der Waals surface area contributed by atoms with Crippen molar-refractivity contribution in [2.75, 3.05) is 6.61 Å². The van der Waals surface area contributed by atoms with E-state index in [9.17, 15) is 10.1 Å². The van der Waals surface area contributed by atoms with E-state index in [4.69, 9.17) is 9.47 Å². The van der Waals surface area contributed by atoms with Crippen molar-refractivity contribution in [2.45, 2.75) is 96.3 Å². The zero-order valence-corrected chi connectivity index (χ0v) is 21.6. The van der Waals surface area contributed by atoms with Crippen molar-refractivity contribution >= 4 is 5.97 Å². The summed E-state index contributed by atoms with van der Waals surface area (Å²) in [5.41, 5.74) is 1.16. The number of carbonyl (C=O) groups is 1. The lowest BCUT2D eigenvalue weighted by atomic mass is 9.93. The fourth-order valence-electron chi connectivity index (χ4n) is 4.80. The van der Waals surface area contributed by atoms with Gasteiger partial charge in [0.2, 0.25) is 0 Å². The van der Waals surface area contributed by atoms with Gasteiger partial charge in [0.15, 0.2) is 0 Å². The lowest BCUT2D eigenvalue weighted by Gasteiger charge is -2.11. The van der Waals surface area contributed by atoms with E-state index in [2.05, 4.69) is 19.9 Å². The van der Waals surface area contributed by atoms with Crippen LogP contribution in [0.2, 0.25) is 0 Å². The fraction of sp³-hybridized carbons (Fsp3) is 0.548. The number of nitrogens with zero attached hydrogens (tertiary/aromatic N) is 1. The Labute approximate surface area is 211 Å². The highest BCUT2D eigenvalue weighted by Gasteiger charge is 2.55. The molecule has 2 aromatic rings. The molecular formula is C31H41NO3. The third kappa shape index (κ3) is 7.85. The van der Waals surface area contributed by atoms with E-state index in [0.717, 1.165) is 30.6 Å². The molecule has 1 aliphatic carbocycles. The Morgan fingerprint density at radius 1 is 0.857 bits per heavy atom. The Kier molecular flexibility index (Phi) is 10.7. The van der Waals surface area contributed by atoms with Gasteiger partial charge in [0.05, 0.1) is 23.7 Å². The first kappa shape index (κ1) is 26.8. The maximum atomic E-state index is 12.6. The molecule has 4 heteroatoms. The summed E-state index contributed by atoms with van der Waals surface area (Å²) >= 11 is 0. The minimum atomic E-state index is -0.393. The molecule has 0 saturated heterocycles. The van der Waals surface area contributed by atoms with Crippen LogP contribution in [-0.2, 0) is 5.41 Å². The van der Waals surface area contributed by atoms with Crippen LogP contribution in [0.15, 0.2) is 48.5 Å². The smallest absolute Gasteiger partial charge is 0.343 e. The molecule has 2 aromatic carbocycles. The first-order chi connectivity index (χ1) is 17.1. The molecule has 1 fully saturated rings. The van der Waals surface area contributed by atoms with Gasteiger partial charge in [-0.15, -0.1) is 0 Å². The molecule has 0 spiro atoms. The van der Waals surface area contributed by atoms with Crippen LogP contribution in [0.5, 0.6) is 11.5 Å². The molecule has 0 N–H and O–H groups in total. The summed E-state index contributed by atoms with van der Waals surface area (Å²) in [4.78, 5) is 12.6. The largest absolute Gasteiger partial charge is 0.494 e. The average Bonchev–Trinajstić information content (AvgIpc) is 3.61. The zero-order valence-electron chi connectivity index (χ0n) is 21.6. The number of benzene rings is 2. The van der Waals surface area contributed by atoms with E-state index < -0.39 is 5.97 Å². The molecule has 0 aromatic heterocycles. The van der Waals surface area contributed by atoms with Crippen molar-refractivity contribution in [3.8, 4) is 17.6 Å². The second-order valence-corrected chi connectivity index (χ2v) is 9.89. The fourth-order valence-corrected chi connectivity index (χ4v) is 4.80. The molecule has 0 bridgehead atoms. The van der Waals surface area contributed by atoms with Crippen LogP contribution in [0.1, 0.15) is 107 Å². The van der Waals surface area contributed by atoms with Crippen LogP contribution in [0.4, 0.5) is 0 Å². The van der Waals surface area contributed by atoms with E-state index in [1.54, 1.807) is 24.3 Å². The third-order valence-electron chi connectivity index (χ3n) is 7.15. The molecule has 4 nitrogen and oxygen atoms in total. The molecule has 0 aliphatic heterocycles. The van der Waals surface area contributed by atoms with Crippen molar-refractivity contribution in [1.82, 2.24) is 0 Å². The summed E-state index contributed by atoms with van der Waals surface area (Å²) in [5.74, 6) is 1.32. The number of nitriles is 1. The van der Waals surface area contributed by atoms with Gasteiger partial charge >= 0.3 is 5.97 Å². The Bertz CT molecular complexity index is 945. The van der Waals surface area contributed by atoms with Crippen LogP contribution in [-0.4, -0.2) is 12.6 Å². The number of esters is 1. The molecular weight excluding hydrogens is 434 g/mol. The number of ether oxygens (including phenoxy) is 2. The van der Waals surface area contributed by atoms with E-state index in [0.29, 0.717) is 23.8 Å². The molecule has 0 unspecified atom stereocenters. The Hall–Kier alpha value is -2.80. The second kappa shape index (κ2) is 13.9. The molecule has 35 heavy (non-hydrogen) atoms. The second-order valence-electron chi connectivity index (χ2n) is 9.89. The number of unbranched alkanes of at least 4 members (excludes halogenated alkanes) is 8. The van der Waals surface area contributed by atoms with Gasteiger partial charge < -0.3 is 9.47 Å². The van der Waals surface area contributed by atoms with Crippen molar-refractivity contribution in [2.24, 2.45) is 5.92 Å². The van der Waals surface area contributed by atoms with Crippen LogP contribution in [0, 0.1) is 17.2 Å². The number of rotatable bonds is 16. The van der Waals surface area contributed by atoms with E-state index >= 15 is 0 Å². The van der Waals surface area contributed by atoms with E-state index in [1.165, 1.54) is 57.8 Å². The lowest BCUT2D eigenvalue weighted by molar-refractivity contribution is 0.0734. The van der Waals surface area contributed by atoms with Crippen LogP contribution in [0.25, 0.3) is 0 Å². The highest BCUT2D eigenvalue weighted by atomic mass is 16.5. The number of hydrogen-bond donors (Lipinski definition) is 0. The maximum absolute atomic E-state index is 12.6. The van der Waals surface area contributed by atoms with Gasteiger partial charge in [-0.2, -0.15) is 5.26 Å². The third-order valence-corrected chi connectivity index (χ3v) is 7.15. The highest BCUT2D eigenvalue weighted by Crippen LogP contribution is 2.56. The Morgan fingerprint density at radius 2 is 1.46 bits per heavy atom. The standard InChI is InChI=1S/C31H41NO3/c1-3-5-7-9-10-12-22-34-28-18-14-25(15-19-28)30(33)35-29-20-16-26(17-21-29)31(24-32)23-27(31)13-11-8-6-4-2/h14-21,27H,3-13,22-23H2,1-2H3/t27-,31-/m0/s1. The molecule has 3 rings (SSSR count). The van der Waals surface area contributed by atoms with Gasteiger partial charge in [0.25, 0.3) is 0 Å². The molecule has 0 heterocycles. The molecule has 1 saturated carbocycles. The normalized spacial score (nSPS) is 18.6. The van der Waals surface area contributed by atoms with Crippen molar-refractivity contribution in [1.29, 1.82) is 5.26 Å². The SMILES string of the molecule is CCCCCCCCOc1ccc(C(=O)Oc2ccc([C@@]3(C#N)C[C@@H]3CCCCCC)cc2)cc1. The van der Waals surface area contributed by atoms with Crippen molar-refractivity contribution in [3.05, 3.63) is 59.7 Å². The van der Waals surface area contributed by atoms with Crippen LogP contribution in [0.3, 0.4) is 0 Å². The number of carbonyl (C=O) groups excluding carboxylic acids is 1. The molecule has 0 amide bonds. The minimum Gasteiger partial charge on any atom is -0.494 e. The molecule has 2 atom stereocenters. The summed E-state index contributed by atoms with van der Waals surface area (Å²) in [6, 6.07) is 17.2. The summed E-state index contributed by atoms with van der Waals surface area (Å²) in [5, 5.41) is 9.84. The summed E-state index contributed by atoms with van der Waals surface area (Å²) in [7, 11) is 0. The molecule has 0 radical (unpaired) electrons. The monoisotopic (exact) mass is 475 g/mol. The predicted molar refractivity (Wildman–Crippen MR) is 141 cm³/mol. The topological polar surface area (TPSA) is 59.3 Å². The minimum absolute atomic E-state index is 0.361. The van der Waals surface area contributed by atoms with E-state index in [1.807, 2.05) is 24.3 Å². The van der Waals surface area contributed by atoms with Crippen LogP contribution < -0.4 is 9.47 Å². The quantitative estimate of drug-likeness (QED) is 0.139. The summed E-state index contributed by atoms with van der Waals surface area (Å²) in [6.07, 6.45) is 14.4. The van der Waals surface area contributed by atoms with E-state index in [-0.39, 0.29) is 5.41 Å². The van der Waals surface area contributed by atoms with Crippen molar-refractivity contribution in [3.63, 3.8) is 0 Å². The predicted octanol–water partition coefficient (Wildman–Crippen LogP) is 8.40. The number of hydrogen-bond acceptors (Lipinski definition) is 4. The molecule has 188 valence electrons. The van der Waals surface area contributed by atoms with Gasteiger partial charge in [-0.05, 0) is 67.1 Å². The first-order valence-corrected chi connectivity index (χ1v) is 13.6. The van der Waals surface area contributed by atoms with Gasteiger partial charge in [-0.25, -0.2) is 4.79 Å². The first-order valence-electron chi connectivity index (χ1n) is 13.6. The lowest BCUT2D eigenvalue weighted by Crippen LogP contribution is -2.10. The summed E-state index contributed by atoms with van der Waals surface area (Å²) < 4.78 is 11.4. The zero-order chi connectivity index (χ0) is 24.9. The maximum Gasteiger partial charge on any atom is 0.343 e. The van der Waals surface area contributed by atoms with Gasteiger partial charge in [0.1, 0.15) is 11.5 Å². The Morgan fingerprint density at radius 3 is 2.11 bits per heavy atom. The van der Waals surface area contributed by atoms with Crippen molar-refractivity contribution < 1.29 is 14.3 Å². The van der Waals surface area contributed by atoms with Crippen LogP contribution >= 0.6 is 0 Å². The van der Waals surface area contributed by atoms with Gasteiger partial charge in [0, 0.05) is 0 Å².